The van der Waals surface area contributed by atoms with Gasteiger partial charge in [0.15, 0.2) is 0 Å². The first-order valence-corrected chi connectivity index (χ1v) is 11.0. The lowest BCUT2D eigenvalue weighted by atomic mass is 9.83. The molecule has 1 amide bonds. The van der Waals surface area contributed by atoms with Crippen molar-refractivity contribution in [2.24, 2.45) is 5.92 Å². The maximum absolute atomic E-state index is 13.1. The molecule has 1 aliphatic heterocycles. The fourth-order valence-corrected chi connectivity index (χ4v) is 3.93. The highest BCUT2D eigenvalue weighted by Crippen LogP contribution is 2.39. The fraction of sp³-hybridized carbons (Fsp3) is 0.360. The molecule has 2 aromatic rings. The highest BCUT2D eigenvalue weighted by atomic mass is 19.4. The Balaban J connectivity index is 2.01. The molecule has 3 rings (SSSR count). The number of amides is 1. The van der Waals surface area contributed by atoms with Crippen molar-refractivity contribution in [3.63, 3.8) is 0 Å². The van der Waals surface area contributed by atoms with Crippen molar-refractivity contribution < 1.29 is 32.4 Å². The Morgan fingerprint density at radius 2 is 1.86 bits per heavy atom. The predicted molar refractivity (Wildman–Crippen MR) is 121 cm³/mol. The molecular formula is C25H25F3N2O5. The number of alkyl halides is 3. The van der Waals surface area contributed by atoms with E-state index in [9.17, 15) is 32.9 Å². The summed E-state index contributed by atoms with van der Waals surface area (Å²) < 4.78 is 44.5. The monoisotopic (exact) mass is 490 g/mol. The zero-order chi connectivity index (χ0) is 25.9. The van der Waals surface area contributed by atoms with Crippen LogP contribution in [-0.2, 0) is 27.0 Å². The van der Waals surface area contributed by atoms with Crippen LogP contribution < -0.4 is 0 Å². The van der Waals surface area contributed by atoms with Gasteiger partial charge in [-0.25, -0.2) is 4.79 Å². The average Bonchev–Trinajstić information content (AvgIpc) is 2.79. The lowest BCUT2D eigenvalue weighted by Gasteiger charge is -2.34. The van der Waals surface area contributed by atoms with Crippen LogP contribution >= 0.6 is 0 Å². The summed E-state index contributed by atoms with van der Waals surface area (Å²) in [5, 5.41) is 11.1. The third kappa shape index (κ3) is 6.06. The number of nitro benzene ring substituents is 1. The lowest BCUT2D eigenvalue weighted by Crippen LogP contribution is -2.38. The minimum absolute atomic E-state index is 0.00691. The molecule has 7 nitrogen and oxygen atoms in total. The Bertz CT molecular complexity index is 1160. The van der Waals surface area contributed by atoms with Crippen LogP contribution in [0.25, 0.3) is 0 Å². The van der Waals surface area contributed by atoms with E-state index in [0.717, 1.165) is 12.1 Å². The van der Waals surface area contributed by atoms with E-state index in [1.807, 2.05) is 13.8 Å². The lowest BCUT2D eigenvalue weighted by molar-refractivity contribution is -0.384. The number of non-ortho nitro benzene ring substituents is 1. The number of nitrogens with zero attached hydrogens (tertiary/aromatic N) is 2. The highest BCUT2D eigenvalue weighted by molar-refractivity contribution is 5.95. The number of esters is 1. The van der Waals surface area contributed by atoms with Crippen molar-refractivity contribution in [2.75, 3.05) is 6.61 Å². The number of carbonyl (C=O) groups is 2. The molecule has 0 aromatic heterocycles. The number of hydrogen-bond donors (Lipinski definition) is 0. The van der Waals surface area contributed by atoms with Gasteiger partial charge in [0, 0.05) is 30.2 Å². The largest absolute Gasteiger partial charge is 0.462 e. The van der Waals surface area contributed by atoms with Crippen LogP contribution in [0.5, 0.6) is 0 Å². The van der Waals surface area contributed by atoms with E-state index in [0.29, 0.717) is 16.8 Å². The van der Waals surface area contributed by atoms with E-state index in [1.165, 1.54) is 35.2 Å². The number of nitro groups is 1. The van der Waals surface area contributed by atoms with Crippen LogP contribution in [0.2, 0.25) is 0 Å². The molecule has 1 unspecified atom stereocenters. The molecule has 35 heavy (non-hydrogen) atoms. The van der Waals surface area contributed by atoms with Gasteiger partial charge in [0.2, 0.25) is 5.91 Å². The molecule has 0 N–H and O–H groups in total. The molecule has 1 atom stereocenters. The molecular weight excluding hydrogens is 465 g/mol. The van der Waals surface area contributed by atoms with Crippen molar-refractivity contribution in [1.29, 1.82) is 0 Å². The standard InChI is InChI=1S/C25H25F3N2O5/c1-15(2)14-35-24(32)23-16(3)29(13-17-5-4-6-20(11-17)30(33)34)22(31)12-21(23)18-7-9-19(10-8-18)25(26,27)28/h4-11,15,21H,12-14H2,1-3H3. The van der Waals surface area contributed by atoms with E-state index in [4.69, 9.17) is 4.74 Å². The second kappa shape index (κ2) is 10.3. The minimum atomic E-state index is -4.51. The quantitative estimate of drug-likeness (QED) is 0.286. The van der Waals surface area contributed by atoms with Crippen molar-refractivity contribution in [3.8, 4) is 0 Å². The number of ether oxygens (including phenoxy) is 1. The number of halogens is 3. The molecule has 2 aromatic carbocycles. The Morgan fingerprint density at radius 1 is 1.20 bits per heavy atom. The van der Waals surface area contributed by atoms with Crippen molar-refractivity contribution in [2.45, 2.75) is 45.8 Å². The summed E-state index contributed by atoms with van der Waals surface area (Å²) >= 11 is 0. The van der Waals surface area contributed by atoms with Gasteiger partial charge in [0.25, 0.3) is 5.69 Å². The summed E-state index contributed by atoms with van der Waals surface area (Å²) in [5.74, 6) is -1.75. The van der Waals surface area contributed by atoms with Crippen LogP contribution in [0.3, 0.4) is 0 Å². The number of carbonyl (C=O) groups excluding carboxylic acids is 2. The third-order valence-corrected chi connectivity index (χ3v) is 5.69. The van der Waals surface area contributed by atoms with Gasteiger partial charge in [-0.1, -0.05) is 38.1 Å². The molecule has 1 aliphatic rings. The van der Waals surface area contributed by atoms with Gasteiger partial charge in [-0.3, -0.25) is 14.9 Å². The van der Waals surface area contributed by atoms with Gasteiger partial charge in [-0.15, -0.1) is 0 Å². The Kier molecular flexibility index (Phi) is 7.62. The number of rotatable bonds is 7. The first kappa shape index (κ1) is 25.9. The van der Waals surface area contributed by atoms with E-state index in [2.05, 4.69) is 0 Å². The maximum Gasteiger partial charge on any atom is 0.416 e. The first-order valence-electron chi connectivity index (χ1n) is 11.0. The van der Waals surface area contributed by atoms with Gasteiger partial charge in [-0.05, 0) is 36.1 Å². The summed E-state index contributed by atoms with van der Waals surface area (Å²) in [6.45, 7) is 5.42. The van der Waals surface area contributed by atoms with Crippen LogP contribution in [0.1, 0.15) is 49.8 Å². The van der Waals surface area contributed by atoms with Gasteiger partial charge < -0.3 is 9.64 Å². The summed E-state index contributed by atoms with van der Waals surface area (Å²) in [6.07, 6.45) is -4.68. The second-order valence-corrected chi connectivity index (χ2v) is 8.77. The van der Waals surface area contributed by atoms with Gasteiger partial charge in [0.05, 0.1) is 29.2 Å². The smallest absolute Gasteiger partial charge is 0.416 e. The summed E-state index contributed by atoms with van der Waals surface area (Å²) in [4.78, 5) is 38.1. The minimum Gasteiger partial charge on any atom is -0.462 e. The van der Waals surface area contributed by atoms with Crippen LogP contribution in [-0.4, -0.2) is 28.3 Å². The van der Waals surface area contributed by atoms with Gasteiger partial charge in [-0.2, -0.15) is 13.2 Å². The SMILES string of the molecule is CC1=C(C(=O)OCC(C)C)C(c2ccc(C(F)(F)F)cc2)CC(=O)N1Cc1cccc([N+](=O)[O-])c1. The van der Waals surface area contributed by atoms with Crippen LogP contribution in [0.15, 0.2) is 59.8 Å². The zero-order valence-electron chi connectivity index (χ0n) is 19.5. The van der Waals surface area contributed by atoms with E-state index < -0.39 is 28.6 Å². The molecule has 1 heterocycles. The Hall–Kier alpha value is -3.69. The van der Waals surface area contributed by atoms with E-state index in [1.54, 1.807) is 13.0 Å². The molecule has 0 bridgehead atoms. The summed E-state index contributed by atoms with van der Waals surface area (Å²) in [6, 6.07) is 10.2. The number of allylic oxidation sites excluding steroid dienone is 1. The van der Waals surface area contributed by atoms with Crippen molar-refractivity contribution in [1.82, 2.24) is 4.90 Å². The zero-order valence-corrected chi connectivity index (χ0v) is 19.5. The molecule has 0 radical (unpaired) electrons. The van der Waals surface area contributed by atoms with Crippen LogP contribution in [0, 0.1) is 16.0 Å². The maximum atomic E-state index is 13.1. The summed E-state index contributed by atoms with van der Waals surface area (Å²) in [5.41, 5.74) is 0.391. The number of hydrogen-bond acceptors (Lipinski definition) is 5. The fourth-order valence-electron chi connectivity index (χ4n) is 3.93. The average molecular weight is 490 g/mol. The molecule has 0 saturated heterocycles. The topological polar surface area (TPSA) is 89.8 Å². The first-order chi connectivity index (χ1) is 16.4. The van der Waals surface area contributed by atoms with Gasteiger partial charge >= 0.3 is 12.1 Å². The molecule has 186 valence electrons. The van der Waals surface area contributed by atoms with E-state index in [-0.39, 0.29) is 42.7 Å². The molecule has 0 spiro atoms. The molecule has 10 heteroatoms. The Labute approximate surface area is 200 Å². The van der Waals surface area contributed by atoms with Crippen molar-refractivity contribution >= 4 is 17.6 Å². The molecule has 0 saturated carbocycles. The highest BCUT2D eigenvalue weighted by Gasteiger charge is 2.38. The summed E-state index contributed by atoms with van der Waals surface area (Å²) in [7, 11) is 0. The van der Waals surface area contributed by atoms with Crippen LogP contribution in [0.4, 0.5) is 18.9 Å². The van der Waals surface area contributed by atoms with Gasteiger partial charge in [0.1, 0.15) is 0 Å². The Morgan fingerprint density at radius 3 is 2.43 bits per heavy atom. The van der Waals surface area contributed by atoms with Crippen molar-refractivity contribution in [3.05, 3.63) is 86.6 Å². The third-order valence-electron chi connectivity index (χ3n) is 5.69. The second-order valence-electron chi connectivity index (χ2n) is 8.77. The number of benzene rings is 2. The predicted octanol–water partition coefficient (Wildman–Crippen LogP) is 5.60. The normalized spacial score (nSPS) is 16.6. The van der Waals surface area contributed by atoms with E-state index >= 15 is 0 Å². The molecule has 0 fully saturated rings. The molecule has 0 aliphatic carbocycles.